The van der Waals surface area contributed by atoms with Crippen LogP contribution in [-0.2, 0) is 19.4 Å². The summed E-state index contributed by atoms with van der Waals surface area (Å²) in [5.41, 5.74) is 0.786. The van der Waals surface area contributed by atoms with Crippen LogP contribution in [-0.4, -0.2) is 31.0 Å². The first-order chi connectivity index (χ1) is 8.31. The average Bonchev–Trinajstić information content (AvgIpc) is 2.26. The highest BCUT2D eigenvalue weighted by Gasteiger charge is 2.19. The van der Waals surface area contributed by atoms with Crippen LogP contribution < -0.4 is 0 Å². The third kappa shape index (κ3) is 4.29. The summed E-state index contributed by atoms with van der Waals surface area (Å²) < 4.78 is 23.7. The van der Waals surface area contributed by atoms with E-state index < -0.39 is 27.3 Å². The monoisotopic (exact) mass is 270 g/mol. The molecule has 0 radical (unpaired) electrons. The van der Waals surface area contributed by atoms with Crippen LogP contribution in [0.2, 0.25) is 0 Å². The predicted molar refractivity (Wildman–Crippen MR) is 65.1 cm³/mol. The number of ketones is 1. The molecular weight excluding hydrogens is 256 g/mol. The molecule has 0 aliphatic carbocycles. The van der Waals surface area contributed by atoms with Crippen molar-refractivity contribution in [2.24, 2.45) is 0 Å². The SMILES string of the molecule is Cc1cccc(S(=O)(=O)CC(=O)CCC(=O)O)c1. The molecular formula is C12H14O5S. The lowest BCUT2D eigenvalue weighted by Crippen LogP contribution is -2.17. The van der Waals surface area contributed by atoms with Gasteiger partial charge in [-0.3, -0.25) is 9.59 Å². The van der Waals surface area contributed by atoms with Crippen LogP contribution in [0.1, 0.15) is 18.4 Å². The maximum absolute atomic E-state index is 11.9. The van der Waals surface area contributed by atoms with Gasteiger partial charge in [-0.1, -0.05) is 12.1 Å². The first kappa shape index (κ1) is 14.4. The van der Waals surface area contributed by atoms with E-state index in [1.807, 2.05) is 0 Å². The zero-order valence-electron chi connectivity index (χ0n) is 9.92. The number of sulfone groups is 1. The normalized spacial score (nSPS) is 11.2. The minimum absolute atomic E-state index is 0.0891. The Labute approximate surface area is 105 Å². The van der Waals surface area contributed by atoms with E-state index >= 15 is 0 Å². The van der Waals surface area contributed by atoms with Gasteiger partial charge in [0.1, 0.15) is 11.5 Å². The van der Waals surface area contributed by atoms with Gasteiger partial charge in [-0.25, -0.2) is 8.42 Å². The summed E-state index contributed by atoms with van der Waals surface area (Å²) in [5.74, 6) is -2.35. The fraction of sp³-hybridized carbons (Fsp3) is 0.333. The molecule has 0 fully saturated rings. The number of carboxylic acid groups (broad SMARTS) is 1. The van der Waals surface area contributed by atoms with Gasteiger partial charge < -0.3 is 5.11 Å². The Hall–Kier alpha value is -1.69. The number of hydrogen-bond acceptors (Lipinski definition) is 4. The number of hydrogen-bond donors (Lipinski definition) is 1. The highest BCUT2D eigenvalue weighted by molar-refractivity contribution is 7.92. The van der Waals surface area contributed by atoms with E-state index in [9.17, 15) is 18.0 Å². The predicted octanol–water partition coefficient (Wildman–Crippen LogP) is 1.20. The molecule has 1 aromatic rings. The third-order valence-electron chi connectivity index (χ3n) is 2.32. The van der Waals surface area contributed by atoms with E-state index in [4.69, 9.17) is 5.11 Å². The number of aliphatic carboxylic acids is 1. The van der Waals surface area contributed by atoms with Crippen molar-refractivity contribution in [3.8, 4) is 0 Å². The van der Waals surface area contributed by atoms with Crippen LogP contribution in [0.25, 0.3) is 0 Å². The second-order valence-corrected chi connectivity index (χ2v) is 6.00. The molecule has 0 spiro atoms. The van der Waals surface area contributed by atoms with Crippen molar-refractivity contribution in [1.82, 2.24) is 0 Å². The van der Waals surface area contributed by atoms with Crippen LogP contribution in [0, 0.1) is 6.92 Å². The van der Waals surface area contributed by atoms with Crippen LogP contribution in [0.3, 0.4) is 0 Å². The summed E-state index contributed by atoms with van der Waals surface area (Å²) in [6, 6.07) is 6.27. The molecule has 98 valence electrons. The largest absolute Gasteiger partial charge is 0.481 e. The fourth-order valence-electron chi connectivity index (χ4n) is 1.42. The molecule has 0 bridgehead atoms. The number of carbonyl (C=O) groups excluding carboxylic acids is 1. The van der Waals surface area contributed by atoms with Crippen molar-refractivity contribution >= 4 is 21.6 Å². The summed E-state index contributed by atoms with van der Waals surface area (Å²) in [6.45, 7) is 1.76. The maximum Gasteiger partial charge on any atom is 0.303 e. The van der Waals surface area contributed by atoms with Crippen molar-refractivity contribution in [3.63, 3.8) is 0 Å². The highest BCUT2D eigenvalue weighted by Crippen LogP contribution is 2.13. The molecule has 5 nitrogen and oxygen atoms in total. The lowest BCUT2D eigenvalue weighted by molar-refractivity contribution is -0.138. The van der Waals surface area contributed by atoms with E-state index in [0.29, 0.717) is 0 Å². The van der Waals surface area contributed by atoms with E-state index in [0.717, 1.165) is 5.56 Å². The molecule has 0 aliphatic rings. The molecule has 1 N–H and O–H groups in total. The van der Waals surface area contributed by atoms with Gasteiger partial charge in [0.25, 0.3) is 0 Å². The van der Waals surface area contributed by atoms with Gasteiger partial charge in [-0.05, 0) is 24.6 Å². The Morgan fingerprint density at radius 1 is 1.22 bits per heavy atom. The molecule has 0 atom stereocenters. The van der Waals surface area contributed by atoms with Gasteiger partial charge >= 0.3 is 5.97 Å². The number of carbonyl (C=O) groups is 2. The topological polar surface area (TPSA) is 88.5 Å². The standard InChI is InChI=1S/C12H14O5S/c1-9-3-2-4-11(7-9)18(16,17)8-10(13)5-6-12(14)15/h2-4,7H,5-6,8H2,1H3,(H,14,15). The molecule has 0 heterocycles. The molecule has 6 heteroatoms. The summed E-state index contributed by atoms with van der Waals surface area (Å²) in [5, 5.41) is 8.41. The minimum atomic E-state index is -3.67. The molecule has 0 aromatic heterocycles. The zero-order valence-corrected chi connectivity index (χ0v) is 10.7. The van der Waals surface area contributed by atoms with Crippen molar-refractivity contribution in [2.75, 3.05) is 5.75 Å². The van der Waals surface area contributed by atoms with Gasteiger partial charge in [-0.2, -0.15) is 0 Å². The summed E-state index contributed by atoms with van der Waals surface area (Å²) in [7, 11) is -3.67. The second-order valence-electron chi connectivity index (χ2n) is 4.01. The number of benzene rings is 1. The third-order valence-corrected chi connectivity index (χ3v) is 3.99. The van der Waals surface area contributed by atoms with E-state index in [2.05, 4.69) is 0 Å². The summed E-state index contributed by atoms with van der Waals surface area (Å²) in [6.07, 6.45) is -0.609. The molecule has 1 aromatic carbocycles. The smallest absolute Gasteiger partial charge is 0.303 e. The maximum atomic E-state index is 11.9. The zero-order chi connectivity index (χ0) is 13.8. The Balaban J connectivity index is 2.76. The number of rotatable bonds is 6. The summed E-state index contributed by atoms with van der Waals surface area (Å²) in [4.78, 5) is 21.8. The molecule has 0 unspecified atom stereocenters. The van der Waals surface area contributed by atoms with E-state index in [1.54, 1.807) is 19.1 Å². The highest BCUT2D eigenvalue weighted by atomic mass is 32.2. The Kier molecular flexibility index (Phi) is 4.61. The number of aryl methyl sites for hydroxylation is 1. The van der Waals surface area contributed by atoms with Crippen molar-refractivity contribution in [1.29, 1.82) is 0 Å². The second kappa shape index (κ2) is 5.77. The van der Waals surface area contributed by atoms with Gasteiger partial charge in [0.05, 0.1) is 11.3 Å². The lowest BCUT2D eigenvalue weighted by Gasteiger charge is -2.04. The number of Topliss-reactive ketones (excluding diaryl/α,β-unsaturated/α-hetero) is 1. The molecule has 0 saturated heterocycles. The van der Waals surface area contributed by atoms with Crippen LogP contribution >= 0.6 is 0 Å². The lowest BCUT2D eigenvalue weighted by atomic mass is 10.2. The Bertz CT molecular complexity index is 560. The van der Waals surface area contributed by atoms with Crippen LogP contribution in [0.5, 0.6) is 0 Å². The van der Waals surface area contributed by atoms with E-state index in [1.165, 1.54) is 12.1 Å². The summed E-state index contributed by atoms with van der Waals surface area (Å²) >= 11 is 0. The van der Waals surface area contributed by atoms with Crippen LogP contribution in [0.4, 0.5) is 0 Å². The first-order valence-corrected chi connectivity index (χ1v) is 6.99. The Morgan fingerprint density at radius 3 is 2.44 bits per heavy atom. The van der Waals surface area contributed by atoms with Gasteiger partial charge in [-0.15, -0.1) is 0 Å². The van der Waals surface area contributed by atoms with Gasteiger partial charge in [0.2, 0.25) is 0 Å². The Morgan fingerprint density at radius 2 is 1.89 bits per heavy atom. The van der Waals surface area contributed by atoms with Crippen molar-refractivity contribution in [3.05, 3.63) is 29.8 Å². The minimum Gasteiger partial charge on any atom is -0.481 e. The first-order valence-electron chi connectivity index (χ1n) is 5.34. The van der Waals surface area contributed by atoms with Crippen molar-refractivity contribution in [2.45, 2.75) is 24.7 Å². The van der Waals surface area contributed by atoms with Gasteiger partial charge in [0.15, 0.2) is 9.84 Å². The molecule has 1 rings (SSSR count). The molecule has 18 heavy (non-hydrogen) atoms. The molecule has 0 aliphatic heterocycles. The molecule has 0 amide bonds. The number of carboxylic acids is 1. The van der Waals surface area contributed by atoms with Crippen molar-refractivity contribution < 1.29 is 23.1 Å². The van der Waals surface area contributed by atoms with Crippen LogP contribution in [0.15, 0.2) is 29.2 Å². The van der Waals surface area contributed by atoms with Gasteiger partial charge in [0, 0.05) is 6.42 Å². The molecule has 0 saturated carbocycles. The quantitative estimate of drug-likeness (QED) is 0.839. The fourth-order valence-corrected chi connectivity index (χ4v) is 2.81. The average molecular weight is 270 g/mol. The van der Waals surface area contributed by atoms with E-state index in [-0.39, 0.29) is 17.7 Å².